The summed E-state index contributed by atoms with van der Waals surface area (Å²) in [5.74, 6) is 0.554. The van der Waals surface area contributed by atoms with Crippen molar-refractivity contribution in [2.45, 2.75) is 6.54 Å². The molecule has 0 bridgehead atoms. The lowest BCUT2D eigenvalue weighted by Crippen LogP contribution is -2.37. The number of halogens is 1. The number of fused-ring (bicyclic) bond motifs is 1. The molecule has 7 heteroatoms. The molecule has 3 rings (SSSR count). The second kappa shape index (κ2) is 5.66. The predicted octanol–water partition coefficient (Wildman–Crippen LogP) is 1.89. The maximum absolute atomic E-state index is 12.6. The third-order valence-electron chi connectivity index (χ3n) is 3.79. The van der Waals surface area contributed by atoms with Gasteiger partial charge in [-0.3, -0.25) is 13.9 Å². The molecule has 0 saturated carbocycles. The second-order valence-electron chi connectivity index (χ2n) is 5.27. The zero-order valence-corrected chi connectivity index (χ0v) is 14.4. The van der Waals surface area contributed by atoms with E-state index in [1.165, 1.54) is 11.6 Å². The molecule has 2 aromatic heterocycles. The third kappa shape index (κ3) is 2.46. The molecule has 0 radical (unpaired) electrons. The molecule has 6 nitrogen and oxygen atoms in total. The van der Waals surface area contributed by atoms with Crippen molar-refractivity contribution in [1.82, 2.24) is 18.7 Å². The Morgan fingerprint density at radius 1 is 1.26 bits per heavy atom. The highest BCUT2D eigenvalue weighted by Crippen LogP contribution is 2.17. The fraction of sp³-hybridized carbons (Fsp3) is 0.188. The van der Waals surface area contributed by atoms with E-state index >= 15 is 0 Å². The number of hydrogen-bond acceptors (Lipinski definition) is 3. The smallest absolute Gasteiger partial charge is 0.314 e. The van der Waals surface area contributed by atoms with Gasteiger partial charge in [0.05, 0.1) is 0 Å². The van der Waals surface area contributed by atoms with E-state index < -0.39 is 5.69 Å². The first-order valence-electron chi connectivity index (χ1n) is 6.97. The number of benzene rings is 1. The van der Waals surface area contributed by atoms with Crippen molar-refractivity contribution in [2.75, 3.05) is 0 Å². The molecule has 0 spiro atoms. The molecule has 0 aliphatic heterocycles. The van der Waals surface area contributed by atoms with Gasteiger partial charge >= 0.3 is 5.69 Å². The average Bonchev–Trinajstić information content (AvgIpc) is 2.89. The van der Waals surface area contributed by atoms with Gasteiger partial charge in [-0.1, -0.05) is 34.6 Å². The van der Waals surface area contributed by atoms with E-state index in [1.807, 2.05) is 24.3 Å². The number of rotatable bonds is 3. The summed E-state index contributed by atoms with van der Waals surface area (Å²) in [5, 5.41) is 0. The molecule has 0 atom stereocenters. The van der Waals surface area contributed by atoms with E-state index in [-0.39, 0.29) is 5.56 Å². The first kappa shape index (κ1) is 15.5. The SMILES string of the molecule is C=Cc1nc2c(c(=O)n(C)c(=O)n2C)n1Cc1cccc(Br)c1. The largest absolute Gasteiger partial charge is 0.332 e. The van der Waals surface area contributed by atoms with Crippen LogP contribution in [0.25, 0.3) is 17.2 Å². The van der Waals surface area contributed by atoms with Gasteiger partial charge in [0.2, 0.25) is 0 Å². The minimum Gasteiger partial charge on any atom is -0.314 e. The normalized spacial score (nSPS) is 11.1. The molecular formula is C16H15BrN4O2. The van der Waals surface area contributed by atoms with Gasteiger partial charge < -0.3 is 4.57 Å². The highest BCUT2D eigenvalue weighted by molar-refractivity contribution is 9.10. The Morgan fingerprint density at radius 3 is 2.65 bits per heavy atom. The van der Waals surface area contributed by atoms with Gasteiger partial charge in [-0.05, 0) is 23.8 Å². The second-order valence-corrected chi connectivity index (χ2v) is 6.18. The van der Waals surface area contributed by atoms with Crippen LogP contribution in [0.3, 0.4) is 0 Å². The molecule has 0 unspecified atom stereocenters. The molecule has 0 aliphatic rings. The van der Waals surface area contributed by atoms with Gasteiger partial charge in [-0.2, -0.15) is 0 Å². The molecular weight excluding hydrogens is 360 g/mol. The van der Waals surface area contributed by atoms with Crippen LogP contribution in [0.2, 0.25) is 0 Å². The van der Waals surface area contributed by atoms with Gasteiger partial charge in [0, 0.05) is 25.1 Å². The Kier molecular flexibility index (Phi) is 3.81. The number of hydrogen-bond donors (Lipinski definition) is 0. The van der Waals surface area contributed by atoms with Gasteiger partial charge in [0.25, 0.3) is 5.56 Å². The number of aryl methyl sites for hydroxylation is 1. The van der Waals surface area contributed by atoms with Crippen LogP contribution in [0, 0.1) is 0 Å². The number of imidazole rings is 1. The minimum absolute atomic E-state index is 0.362. The van der Waals surface area contributed by atoms with Crippen molar-refractivity contribution in [3.05, 3.63) is 67.5 Å². The lowest BCUT2D eigenvalue weighted by Gasteiger charge is -2.08. The zero-order valence-electron chi connectivity index (χ0n) is 12.8. The van der Waals surface area contributed by atoms with E-state index in [1.54, 1.807) is 17.7 Å². The molecule has 2 heterocycles. The zero-order chi connectivity index (χ0) is 16.7. The highest BCUT2D eigenvalue weighted by Gasteiger charge is 2.17. The summed E-state index contributed by atoms with van der Waals surface area (Å²) in [4.78, 5) is 29.0. The summed E-state index contributed by atoms with van der Waals surface area (Å²) in [6, 6.07) is 7.81. The van der Waals surface area contributed by atoms with Crippen LogP contribution in [-0.4, -0.2) is 18.7 Å². The van der Waals surface area contributed by atoms with Crippen molar-refractivity contribution in [2.24, 2.45) is 14.1 Å². The molecule has 0 aliphatic carbocycles. The summed E-state index contributed by atoms with van der Waals surface area (Å²) < 4.78 is 5.21. The van der Waals surface area contributed by atoms with Crippen LogP contribution >= 0.6 is 15.9 Å². The van der Waals surface area contributed by atoms with E-state index in [4.69, 9.17) is 0 Å². The first-order valence-corrected chi connectivity index (χ1v) is 7.76. The molecule has 23 heavy (non-hydrogen) atoms. The summed E-state index contributed by atoms with van der Waals surface area (Å²) >= 11 is 3.44. The molecule has 1 aromatic carbocycles. The quantitative estimate of drug-likeness (QED) is 0.703. The van der Waals surface area contributed by atoms with Crippen molar-refractivity contribution >= 4 is 33.2 Å². The molecule has 118 valence electrons. The average molecular weight is 375 g/mol. The Bertz CT molecular complexity index is 1040. The maximum atomic E-state index is 12.6. The molecule has 3 aromatic rings. The minimum atomic E-state index is -0.398. The van der Waals surface area contributed by atoms with Gasteiger partial charge in [0.1, 0.15) is 5.82 Å². The van der Waals surface area contributed by atoms with Crippen LogP contribution in [0.15, 0.2) is 44.9 Å². The Morgan fingerprint density at radius 2 is 2.00 bits per heavy atom. The fourth-order valence-electron chi connectivity index (χ4n) is 2.60. The highest BCUT2D eigenvalue weighted by atomic mass is 79.9. The van der Waals surface area contributed by atoms with E-state index in [2.05, 4.69) is 27.5 Å². The molecule has 0 saturated heterocycles. The van der Waals surface area contributed by atoms with Crippen LogP contribution in [0.4, 0.5) is 0 Å². The van der Waals surface area contributed by atoms with E-state index in [9.17, 15) is 9.59 Å². The summed E-state index contributed by atoms with van der Waals surface area (Å²) in [6.45, 7) is 4.22. The van der Waals surface area contributed by atoms with Gasteiger partial charge in [-0.15, -0.1) is 0 Å². The van der Waals surface area contributed by atoms with Crippen LogP contribution in [0.5, 0.6) is 0 Å². The lowest BCUT2D eigenvalue weighted by molar-refractivity contribution is 0.702. The van der Waals surface area contributed by atoms with Crippen molar-refractivity contribution in [3.8, 4) is 0 Å². The van der Waals surface area contributed by atoms with E-state index in [0.29, 0.717) is 23.5 Å². The maximum Gasteiger partial charge on any atom is 0.332 e. The third-order valence-corrected chi connectivity index (χ3v) is 4.28. The van der Waals surface area contributed by atoms with Gasteiger partial charge in [0.15, 0.2) is 11.2 Å². The first-order chi connectivity index (χ1) is 10.9. The van der Waals surface area contributed by atoms with E-state index in [0.717, 1.165) is 14.6 Å². The fourth-order valence-corrected chi connectivity index (χ4v) is 3.04. The predicted molar refractivity (Wildman–Crippen MR) is 93.6 cm³/mol. The summed E-state index contributed by atoms with van der Waals surface area (Å²) in [5.41, 5.74) is 1.01. The van der Waals surface area contributed by atoms with Gasteiger partial charge in [-0.25, -0.2) is 9.78 Å². The van der Waals surface area contributed by atoms with Crippen molar-refractivity contribution in [3.63, 3.8) is 0 Å². The topological polar surface area (TPSA) is 61.8 Å². The standard InChI is InChI=1S/C16H15BrN4O2/c1-4-12-18-14-13(15(22)20(3)16(23)19(14)2)21(12)9-10-6-5-7-11(17)8-10/h4-8H,1,9H2,2-3H3. The van der Waals surface area contributed by atoms with Crippen molar-refractivity contribution < 1.29 is 0 Å². The lowest BCUT2D eigenvalue weighted by atomic mass is 10.2. The Hall–Kier alpha value is -2.41. The number of aromatic nitrogens is 4. The van der Waals surface area contributed by atoms with Crippen molar-refractivity contribution in [1.29, 1.82) is 0 Å². The van der Waals surface area contributed by atoms with Crippen LogP contribution in [0.1, 0.15) is 11.4 Å². The molecule has 0 fully saturated rings. The molecule has 0 N–H and O–H groups in total. The van der Waals surface area contributed by atoms with Crippen LogP contribution < -0.4 is 11.2 Å². The Balaban J connectivity index is 2.33. The monoisotopic (exact) mass is 374 g/mol. The summed E-state index contributed by atoms with van der Waals surface area (Å²) in [6.07, 6.45) is 1.59. The number of nitrogens with zero attached hydrogens (tertiary/aromatic N) is 4. The molecule has 0 amide bonds. The Labute approximate surface area is 140 Å². The van der Waals surface area contributed by atoms with Crippen LogP contribution in [-0.2, 0) is 20.6 Å². The summed E-state index contributed by atoms with van der Waals surface area (Å²) in [7, 11) is 3.07.